The van der Waals surface area contributed by atoms with Gasteiger partial charge in [-0.25, -0.2) is 4.98 Å². The number of carbonyl (C=O) groups excluding carboxylic acids is 1. The van der Waals surface area contributed by atoms with Gasteiger partial charge < -0.3 is 10.2 Å². The fourth-order valence-electron chi connectivity index (χ4n) is 2.91. The summed E-state index contributed by atoms with van der Waals surface area (Å²) in [6, 6.07) is 8.04. The number of halogens is 3. The molecule has 1 saturated heterocycles. The summed E-state index contributed by atoms with van der Waals surface area (Å²) < 4.78 is 39.1. The van der Waals surface area contributed by atoms with Gasteiger partial charge in [0.1, 0.15) is 5.82 Å². The molecule has 1 atom stereocenters. The number of carbonyl (C=O) groups is 1. The number of nitrogens with one attached hydrogen (secondary N) is 1. The van der Waals surface area contributed by atoms with Crippen molar-refractivity contribution in [1.82, 2.24) is 4.98 Å². The number of anilines is 2. The second-order valence-corrected chi connectivity index (χ2v) is 6.24. The first-order valence-corrected chi connectivity index (χ1v) is 8.03. The van der Waals surface area contributed by atoms with Gasteiger partial charge in [0.2, 0.25) is 0 Å². The van der Waals surface area contributed by atoms with Crippen LogP contribution in [-0.2, 0) is 6.18 Å². The molecule has 2 heterocycles. The van der Waals surface area contributed by atoms with Crippen molar-refractivity contribution in [1.29, 1.82) is 0 Å². The van der Waals surface area contributed by atoms with Crippen LogP contribution < -0.4 is 10.2 Å². The normalized spacial score (nSPS) is 17.6. The maximum absolute atomic E-state index is 13.0. The van der Waals surface area contributed by atoms with E-state index in [0.29, 0.717) is 11.7 Å². The Morgan fingerprint density at radius 1 is 1.28 bits per heavy atom. The van der Waals surface area contributed by atoms with Gasteiger partial charge >= 0.3 is 6.18 Å². The van der Waals surface area contributed by atoms with Gasteiger partial charge in [0, 0.05) is 24.8 Å². The molecule has 0 radical (unpaired) electrons. The molecule has 0 aliphatic carbocycles. The first kappa shape index (κ1) is 17.3. The molecule has 1 unspecified atom stereocenters. The van der Waals surface area contributed by atoms with E-state index in [1.807, 2.05) is 0 Å². The fourth-order valence-corrected chi connectivity index (χ4v) is 2.91. The van der Waals surface area contributed by atoms with Gasteiger partial charge in [-0.2, -0.15) is 13.2 Å². The van der Waals surface area contributed by atoms with Crippen LogP contribution in [0.1, 0.15) is 29.3 Å². The number of nitrogens with zero attached hydrogens (tertiary/aromatic N) is 2. The smallest absolute Gasteiger partial charge is 0.356 e. The van der Waals surface area contributed by atoms with Crippen LogP contribution in [0.4, 0.5) is 24.7 Å². The summed E-state index contributed by atoms with van der Waals surface area (Å²) in [5.74, 6) is 0.631. The van der Waals surface area contributed by atoms with Gasteiger partial charge in [0.25, 0.3) is 5.91 Å². The number of benzene rings is 1. The standard InChI is InChI=1S/C18H18F3N3O/c1-12-7-9-24(11-12)16-10-13(6-8-22-16)17(25)23-15-5-3-2-4-14(15)18(19,20)21/h2-6,8,10,12H,7,9,11H2,1H3,(H,23,25). The molecular formula is C18H18F3N3O. The second-order valence-electron chi connectivity index (χ2n) is 6.24. The average Bonchev–Trinajstić information content (AvgIpc) is 3.01. The highest BCUT2D eigenvalue weighted by Gasteiger charge is 2.33. The Hall–Kier alpha value is -2.57. The maximum atomic E-state index is 13.0. The molecular weight excluding hydrogens is 331 g/mol. The predicted molar refractivity (Wildman–Crippen MR) is 89.6 cm³/mol. The van der Waals surface area contributed by atoms with Crippen LogP contribution >= 0.6 is 0 Å². The van der Waals surface area contributed by atoms with Crippen LogP contribution in [0.5, 0.6) is 0 Å². The van der Waals surface area contributed by atoms with Crippen LogP contribution in [0.2, 0.25) is 0 Å². The average molecular weight is 349 g/mol. The third-order valence-corrected chi connectivity index (χ3v) is 4.24. The van der Waals surface area contributed by atoms with Crippen molar-refractivity contribution in [3.63, 3.8) is 0 Å². The Morgan fingerprint density at radius 2 is 2.04 bits per heavy atom. The van der Waals surface area contributed by atoms with Gasteiger partial charge in [0.15, 0.2) is 0 Å². The highest BCUT2D eigenvalue weighted by atomic mass is 19.4. The van der Waals surface area contributed by atoms with Gasteiger partial charge in [-0.1, -0.05) is 19.1 Å². The molecule has 7 heteroatoms. The first-order chi connectivity index (χ1) is 11.8. The van der Waals surface area contributed by atoms with Gasteiger partial charge in [-0.3, -0.25) is 4.79 Å². The molecule has 132 valence electrons. The summed E-state index contributed by atoms with van der Waals surface area (Å²) >= 11 is 0. The molecule has 3 rings (SSSR count). The molecule has 4 nitrogen and oxygen atoms in total. The zero-order valence-corrected chi connectivity index (χ0v) is 13.7. The van der Waals surface area contributed by atoms with E-state index in [1.165, 1.54) is 30.5 Å². The second kappa shape index (κ2) is 6.74. The zero-order valence-electron chi connectivity index (χ0n) is 13.7. The van der Waals surface area contributed by atoms with E-state index in [0.717, 1.165) is 25.6 Å². The van der Waals surface area contributed by atoms with E-state index in [2.05, 4.69) is 22.1 Å². The summed E-state index contributed by atoms with van der Waals surface area (Å²) in [5, 5.41) is 2.35. The lowest BCUT2D eigenvalue weighted by Gasteiger charge is -2.18. The first-order valence-electron chi connectivity index (χ1n) is 8.03. The molecule has 1 fully saturated rings. The van der Waals surface area contributed by atoms with Crippen molar-refractivity contribution in [2.45, 2.75) is 19.5 Å². The van der Waals surface area contributed by atoms with Crippen molar-refractivity contribution in [2.75, 3.05) is 23.3 Å². The summed E-state index contributed by atoms with van der Waals surface area (Å²) in [4.78, 5) is 18.7. The Labute approximate surface area is 143 Å². The van der Waals surface area contributed by atoms with Gasteiger partial charge in [-0.05, 0) is 36.6 Å². The van der Waals surface area contributed by atoms with Gasteiger partial charge in [0.05, 0.1) is 11.3 Å². The van der Waals surface area contributed by atoms with Crippen molar-refractivity contribution < 1.29 is 18.0 Å². The highest BCUT2D eigenvalue weighted by molar-refractivity contribution is 6.05. The number of hydrogen-bond donors (Lipinski definition) is 1. The molecule has 1 amide bonds. The Kier molecular flexibility index (Phi) is 4.65. The SMILES string of the molecule is CC1CCN(c2cc(C(=O)Nc3ccccc3C(F)(F)F)ccn2)C1. The molecule has 1 aliphatic rings. The summed E-state index contributed by atoms with van der Waals surface area (Å²) in [7, 11) is 0. The molecule has 1 aromatic heterocycles. The Bertz CT molecular complexity index is 776. The summed E-state index contributed by atoms with van der Waals surface area (Å²) in [6.07, 6.45) is -1.97. The zero-order chi connectivity index (χ0) is 18.0. The number of pyridine rings is 1. The Morgan fingerprint density at radius 3 is 2.72 bits per heavy atom. The van der Waals surface area contributed by atoms with Crippen molar-refractivity contribution in [2.24, 2.45) is 5.92 Å². The number of rotatable bonds is 3. The predicted octanol–water partition coefficient (Wildman–Crippen LogP) is 4.20. The molecule has 0 spiro atoms. The maximum Gasteiger partial charge on any atom is 0.418 e. The molecule has 1 N–H and O–H groups in total. The van der Waals surface area contributed by atoms with Crippen LogP contribution in [0.15, 0.2) is 42.6 Å². The number of amides is 1. The van der Waals surface area contributed by atoms with E-state index >= 15 is 0 Å². The highest BCUT2D eigenvalue weighted by Crippen LogP contribution is 2.34. The van der Waals surface area contributed by atoms with E-state index < -0.39 is 17.6 Å². The summed E-state index contributed by atoms with van der Waals surface area (Å²) in [6.45, 7) is 3.86. The molecule has 25 heavy (non-hydrogen) atoms. The van der Waals surface area contributed by atoms with E-state index in [-0.39, 0.29) is 11.3 Å². The largest absolute Gasteiger partial charge is 0.418 e. The fraction of sp³-hybridized carbons (Fsp3) is 0.333. The topological polar surface area (TPSA) is 45.2 Å². The monoisotopic (exact) mass is 349 g/mol. The molecule has 2 aromatic rings. The molecule has 0 bridgehead atoms. The van der Waals surface area contributed by atoms with E-state index in [1.54, 1.807) is 6.07 Å². The van der Waals surface area contributed by atoms with E-state index in [9.17, 15) is 18.0 Å². The quantitative estimate of drug-likeness (QED) is 0.903. The number of para-hydroxylation sites is 1. The van der Waals surface area contributed by atoms with Crippen LogP contribution in [-0.4, -0.2) is 24.0 Å². The molecule has 1 aliphatic heterocycles. The lowest BCUT2D eigenvalue weighted by atomic mass is 10.1. The number of alkyl halides is 3. The minimum absolute atomic E-state index is 0.256. The number of aromatic nitrogens is 1. The van der Waals surface area contributed by atoms with Crippen LogP contribution in [0.25, 0.3) is 0 Å². The van der Waals surface area contributed by atoms with Gasteiger partial charge in [-0.15, -0.1) is 0 Å². The molecule has 0 saturated carbocycles. The minimum atomic E-state index is -4.53. The van der Waals surface area contributed by atoms with Crippen LogP contribution in [0, 0.1) is 5.92 Å². The van der Waals surface area contributed by atoms with Crippen molar-refractivity contribution in [3.8, 4) is 0 Å². The summed E-state index contributed by atoms with van der Waals surface area (Å²) in [5.41, 5.74) is -0.847. The Balaban J connectivity index is 1.81. The van der Waals surface area contributed by atoms with Crippen LogP contribution in [0.3, 0.4) is 0 Å². The van der Waals surface area contributed by atoms with Crippen molar-refractivity contribution in [3.05, 3.63) is 53.7 Å². The lowest BCUT2D eigenvalue weighted by Crippen LogP contribution is -2.21. The minimum Gasteiger partial charge on any atom is -0.356 e. The van der Waals surface area contributed by atoms with E-state index in [4.69, 9.17) is 0 Å². The third kappa shape index (κ3) is 3.92. The van der Waals surface area contributed by atoms with Crippen molar-refractivity contribution >= 4 is 17.4 Å². The third-order valence-electron chi connectivity index (χ3n) is 4.24. The molecule has 1 aromatic carbocycles. The number of hydrogen-bond acceptors (Lipinski definition) is 3. The lowest BCUT2D eigenvalue weighted by molar-refractivity contribution is -0.136.